The van der Waals surface area contributed by atoms with E-state index in [1.165, 1.54) is 11.3 Å². The molecule has 4 aliphatic rings. The molecule has 3 fully saturated rings. The van der Waals surface area contributed by atoms with Gasteiger partial charge in [0.1, 0.15) is 5.75 Å². The Hall–Kier alpha value is -2.59. The molecule has 0 unspecified atom stereocenters. The van der Waals surface area contributed by atoms with E-state index in [9.17, 15) is 24.3 Å². The van der Waals surface area contributed by atoms with Gasteiger partial charge in [0.05, 0.1) is 23.3 Å². The van der Waals surface area contributed by atoms with Gasteiger partial charge in [-0.25, -0.2) is 0 Å². The molecule has 7 atom stereocenters. The Labute approximate surface area is 190 Å². The van der Waals surface area contributed by atoms with Crippen molar-refractivity contribution in [3.63, 3.8) is 0 Å². The third kappa shape index (κ3) is 2.68. The van der Waals surface area contributed by atoms with Crippen LogP contribution in [-0.4, -0.2) is 49.7 Å². The maximum absolute atomic E-state index is 13.2. The lowest BCUT2D eigenvalue weighted by Crippen LogP contribution is -2.42. The molecule has 1 aromatic heterocycles. The average molecular weight is 473 g/mol. The summed E-state index contributed by atoms with van der Waals surface area (Å²) in [6.07, 6.45) is 0.540. The molecule has 3 N–H and O–H groups in total. The van der Waals surface area contributed by atoms with E-state index in [1.807, 2.05) is 12.1 Å². The summed E-state index contributed by atoms with van der Waals surface area (Å²) in [4.78, 5) is 54.5. The van der Waals surface area contributed by atoms with E-state index >= 15 is 0 Å². The van der Waals surface area contributed by atoms with Crippen molar-refractivity contribution in [2.45, 2.75) is 29.0 Å². The van der Waals surface area contributed by atoms with Crippen molar-refractivity contribution in [3.8, 4) is 5.75 Å². The number of amides is 2. The van der Waals surface area contributed by atoms with E-state index in [0.717, 1.165) is 26.8 Å². The zero-order chi connectivity index (χ0) is 22.3. The van der Waals surface area contributed by atoms with Gasteiger partial charge in [0.25, 0.3) is 0 Å². The maximum Gasteiger partial charge on any atom is 0.305 e. The quantitative estimate of drug-likeness (QED) is 0.582. The number of H-pyrrole nitrogens is 1. The minimum Gasteiger partial charge on any atom is -0.508 e. The molecule has 166 valence electrons. The van der Waals surface area contributed by atoms with Crippen LogP contribution >= 0.6 is 23.1 Å². The summed E-state index contributed by atoms with van der Waals surface area (Å²) < 4.78 is 0. The van der Waals surface area contributed by atoms with Crippen molar-refractivity contribution in [2.75, 3.05) is 6.54 Å². The van der Waals surface area contributed by atoms with Gasteiger partial charge in [-0.05, 0) is 41.9 Å². The Morgan fingerprint density at radius 2 is 1.78 bits per heavy atom. The van der Waals surface area contributed by atoms with Gasteiger partial charge in [-0.3, -0.25) is 24.1 Å². The number of rotatable bonds is 4. The number of aromatic amines is 1. The Bertz CT molecular complexity index is 1200. The van der Waals surface area contributed by atoms with Gasteiger partial charge < -0.3 is 15.2 Å². The number of hydrogen-bond acceptors (Lipinski definition) is 7. The number of aliphatic carboxylic acids is 1. The Kier molecular flexibility index (Phi) is 4.36. The van der Waals surface area contributed by atoms with Crippen LogP contribution in [0.2, 0.25) is 0 Å². The van der Waals surface area contributed by atoms with Crippen molar-refractivity contribution in [1.82, 2.24) is 9.88 Å². The first-order valence-corrected chi connectivity index (χ1v) is 12.3. The predicted molar refractivity (Wildman–Crippen MR) is 116 cm³/mol. The Balaban J connectivity index is 1.41. The lowest BCUT2D eigenvalue weighted by atomic mass is 9.68. The number of likely N-dealkylation sites (tertiary alicyclic amines) is 1. The van der Waals surface area contributed by atoms with E-state index < -0.39 is 17.8 Å². The normalized spacial score (nSPS) is 34.5. The topological polar surface area (TPSA) is 128 Å². The lowest BCUT2D eigenvalue weighted by molar-refractivity contribution is -0.142. The second-order valence-electron chi connectivity index (χ2n) is 9.02. The highest BCUT2D eigenvalue weighted by Gasteiger charge is 2.69. The summed E-state index contributed by atoms with van der Waals surface area (Å²) in [5.74, 6) is -2.15. The van der Waals surface area contributed by atoms with E-state index in [4.69, 9.17) is 5.11 Å². The standard InChI is InChI=1S/C22H20N2O6S2/c25-9-3-1-8(2-4-9)13-14-10-7-11(17(14)31-19-18(13)32-22(30)23-19)16-15(10)20(28)24(21(16)29)6-5-12(26)27/h1-4,10-11,13-17,25H,5-7H2,(H,23,30)(H,26,27)/t10-,11-,13+,14-,15+,16-,17-/m1/s1. The van der Waals surface area contributed by atoms with Crippen LogP contribution in [0.4, 0.5) is 0 Å². The van der Waals surface area contributed by atoms with Crippen LogP contribution in [0.25, 0.3) is 0 Å². The van der Waals surface area contributed by atoms with Crippen LogP contribution in [0.3, 0.4) is 0 Å². The number of thiazole rings is 1. The lowest BCUT2D eigenvalue weighted by Gasteiger charge is -2.43. The molecule has 2 saturated carbocycles. The Morgan fingerprint density at radius 1 is 1.09 bits per heavy atom. The number of benzene rings is 1. The molecule has 2 aromatic rings. The highest BCUT2D eigenvalue weighted by atomic mass is 32.2. The molecule has 1 saturated heterocycles. The van der Waals surface area contributed by atoms with Crippen LogP contribution < -0.4 is 4.87 Å². The summed E-state index contributed by atoms with van der Waals surface area (Å²) in [7, 11) is 0. The number of carbonyl (C=O) groups is 3. The molecule has 8 nitrogen and oxygen atoms in total. The zero-order valence-electron chi connectivity index (χ0n) is 16.8. The van der Waals surface area contributed by atoms with Crippen molar-refractivity contribution in [2.24, 2.45) is 29.6 Å². The second kappa shape index (κ2) is 6.95. The minimum absolute atomic E-state index is 0.00191. The first-order valence-electron chi connectivity index (χ1n) is 10.6. The molecule has 0 radical (unpaired) electrons. The fourth-order valence-corrected chi connectivity index (χ4v) is 9.45. The van der Waals surface area contributed by atoms with Gasteiger partial charge in [-0.15, -0.1) is 11.8 Å². The van der Waals surface area contributed by atoms with Crippen molar-refractivity contribution in [1.29, 1.82) is 0 Å². The van der Waals surface area contributed by atoms with Gasteiger partial charge in [-0.1, -0.05) is 23.5 Å². The predicted octanol–water partition coefficient (Wildman–Crippen LogP) is 2.09. The molecule has 2 aliphatic carbocycles. The molecular weight excluding hydrogens is 452 g/mol. The molecule has 2 amide bonds. The van der Waals surface area contributed by atoms with Crippen molar-refractivity contribution in [3.05, 3.63) is 44.4 Å². The molecule has 2 bridgehead atoms. The van der Waals surface area contributed by atoms with E-state index in [1.54, 1.807) is 23.9 Å². The molecule has 3 heterocycles. The fourth-order valence-electron chi connectivity index (χ4n) is 6.56. The zero-order valence-corrected chi connectivity index (χ0v) is 18.4. The van der Waals surface area contributed by atoms with Crippen molar-refractivity contribution < 1.29 is 24.6 Å². The maximum atomic E-state index is 13.2. The summed E-state index contributed by atoms with van der Waals surface area (Å²) in [6, 6.07) is 7.00. The van der Waals surface area contributed by atoms with E-state index in [-0.39, 0.29) is 64.3 Å². The number of phenolic OH excluding ortho intramolecular Hbond substituents is 1. The SMILES string of the molecule is O=C(O)CCN1C(=O)[C@@H]2[C@H]3C[C@@H]([C@@H]2C1=O)[C@@H]1[C@H](c2ccc(O)cc2)c2sc(=O)[nH]c2S[C@H]31. The number of carboxylic acid groups (broad SMARTS) is 1. The molecule has 0 spiro atoms. The second-order valence-corrected chi connectivity index (χ2v) is 11.2. The first kappa shape index (κ1) is 20.0. The first-order chi connectivity index (χ1) is 15.3. The van der Waals surface area contributed by atoms with Crippen LogP contribution in [-0.2, 0) is 14.4 Å². The number of thioether (sulfide) groups is 1. The number of imide groups is 1. The molecule has 10 heteroatoms. The number of phenols is 1. The van der Waals surface area contributed by atoms with Gasteiger partial charge in [-0.2, -0.15) is 0 Å². The number of carbonyl (C=O) groups excluding carboxylic acids is 2. The van der Waals surface area contributed by atoms with E-state index in [2.05, 4.69) is 4.98 Å². The molecule has 32 heavy (non-hydrogen) atoms. The highest BCUT2D eigenvalue weighted by molar-refractivity contribution is 8.00. The molecule has 2 aliphatic heterocycles. The average Bonchev–Trinajstić information content (AvgIpc) is 3.47. The number of carboxylic acids is 1. The summed E-state index contributed by atoms with van der Waals surface area (Å²) in [5.41, 5.74) is 0.984. The minimum atomic E-state index is -1.03. The third-order valence-corrected chi connectivity index (χ3v) is 10.2. The van der Waals surface area contributed by atoms with Crippen LogP contribution in [0.5, 0.6) is 5.75 Å². The number of aromatic nitrogens is 1. The number of aromatic hydroxyl groups is 1. The molecule has 6 rings (SSSR count). The van der Waals surface area contributed by atoms with Gasteiger partial charge in [0.15, 0.2) is 0 Å². The number of fused-ring (bicyclic) bond motifs is 9. The van der Waals surface area contributed by atoms with Crippen LogP contribution in [0.15, 0.2) is 34.1 Å². The van der Waals surface area contributed by atoms with Crippen LogP contribution in [0, 0.1) is 29.6 Å². The van der Waals surface area contributed by atoms with Gasteiger partial charge in [0.2, 0.25) is 11.8 Å². The van der Waals surface area contributed by atoms with Gasteiger partial charge in [0, 0.05) is 22.6 Å². The third-order valence-electron chi connectivity index (χ3n) is 7.62. The van der Waals surface area contributed by atoms with E-state index in [0.29, 0.717) is 0 Å². The monoisotopic (exact) mass is 472 g/mol. The number of nitrogens with one attached hydrogen (secondary N) is 1. The summed E-state index contributed by atoms with van der Waals surface area (Å²) in [6.45, 7) is -0.0794. The Morgan fingerprint density at radius 3 is 2.47 bits per heavy atom. The number of hydrogen-bond donors (Lipinski definition) is 3. The largest absolute Gasteiger partial charge is 0.508 e. The highest BCUT2D eigenvalue weighted by Crippen LogP contribution is 2.68. The molecular formula is C22H20N2O6S2. The van der Waals surface area contributed by atoms with Crippen LogP contribution in [0.1, 0.15) is 29.2 Å². The fraction of sp³-hybridized carbons (Fsp3) is 0.455. The summed E-state index contributed by atoms with van der Waals surface area (Å²) in [5, 5.41) is 19.7. The van der Waals surface area contributed by atoms with Crippen molar-refractivity contribution >= 4 is 40.9 Å². The number of nitrogens with zero attached hydrogens (tertiary/aromatic N) is 1. The molecule has 1 aromatic carbocycles. The smallest absolute Gasteiger partial charge is 0.305 e. The van der Waals surface area contributed by atoms with Gasteiger partial charge >= 0.3 is 10.8 Å². The summed E-state index contributed by atoms with van der Waals surface area (Å²) >= 11 is 2.80.